The minimum Gasteiger partial charge on any atom is -0.384 e. The Morgan fingerprint density at radius 2 is 1.76 bits per heavy atom. The summed E-state index contributed by atoms with van der Waals surface area (Å²) < 4.78 is 13.6. The predicted molar refractivity (Wildman–Crippen MR) is 68.3 cm³/mol. The van der Waals surface area contributed by atoms with Crippen LogP contribution in [0.25, 0.3) is 10.8 Å². The molecule has 1 atom stereocenters. The minimum absolute atomic E-state index is 0.256. The molecule has 0 amide bonds. The van der Waals surface area contributed by atoms with Gasteiger partial charge in [-0.3, -0.25) is 0 Å². The SMILES string of the molecule is CC(C)=CC(O)c1ccc(F)c2ccccc12. The second-order valence-electron chi connectivity index (χ2n) is 4.37. The summed E-state index contributed by atoms with van der Waals surface area (Å²) in [6.07, 6.45) is 1.07. The van der Waals surface area contributed by atoms with Crippen molar-refractivity contribution in [3.63, 3.8) is 0 Å². The zero-order valence-corrected chi connectivity index (χ0v) is 9.94. The molecule has 0 saturated heterocycles. The Morgan fingerprint density at radius 1 is 1.12 bits per heavy atom. The molecule has 88 valence electrons. The van der Waals surface area contributed by atoms with Crippen LogP contribution in [0.5, 0.6) is 0 Å². The molecule has 17 heavy (non-hydrogen) atoms. The van der Waals surface area contributed by atoms with E-state index in [4.69, 9.17) is 0 Å². The Bertz CT molecular complexity index is 568. The molecule has 0 radical (unpaired) electrons. The van der Waals surface area contributed by atoms with E-state index in [0.29, 0.717) is 5.39 Å². The predicted octanol–water partition coefficient (Wildman–Crippen LogP) is 3.98. The van der Waals surface area contributed by atoms with Gasteiger partial charge in [0.2, 0.25) is 0 Å². The van der Waals surface area contributed by atoms with Gasteiger partial charge in [-0.05, 0) is 30.9 Å². The highest BCUT2D eigenvalue weighted by molar-refractivity contribution is 5.86. The number of rotatable bonds is 2. The van der Waals surface area contributed by atoms with Gasteiger partial charge in [0.1, 0.15) is 5.82 Å². The fraction of sp³-hybridized carbons (Fsp3) is 0.200. The lowest BCUT2D eigenvalue weighted by Gasteiger charge is -2.11. The second-order valence-corrected chi connectivity index (χ2v) is 4.37. The number of aliphatic hydroxyl groups is 1. The molecule has 1 unspecified atom stereocenters. The maximum absolute atomic E-state index is 13.6. The number of halogens is 1. The summed E-state index contributed by atoms with van der Waals surface area (Å²) >= 11 is 0. The van der Waals surface area contributed by atoms with Crippen LogP contribution in [-0.4, -0.2) is 5.11 Å². The van der Waals surface area contributed by atoms with Crippen molar-refractivity contribution >= 4 is 10.8 Å². The first-order valence-corrected chi connectivity index (χ1v) is 5.60. The third kappa shape index (κ3) is 2.37. The van der Waals surface area contributed by atoms with Gasteiger partial charge in [-0.1, -0.05) is 42.0 Å². The topological polar surface area (TPSA) is 20.2 Å². The van der Waals surface area contributed by atoms with Crippen molar-refractivity contribution in [1.82, 2.24) is 0 Å². The number of allylic oxidation sites excluding steroid dienone is 1. The van der Waals surface area contributed by atoms with Crippen molar-refractivity contribution in [3.05, 3.63) is 59.4 Å². The highest BCUT2D eigenvalue weighted by Gasteiger charge is 2.10. The van der Waals surface area contributed by atoms with Crippen molar-refractivity contribution in [2.24, 2.45) is 0 Å². The largest absolute Gasteiger partial charge is 0.384 e. The summed E-state index contributed by atoms with van der Waals surface area (Å²) in [4.78, 5) is 0. The van der Waals surface area contributed by atoms with Gasteiger partial charge in [0.05, 0.1) is 6.10 Å². The third-order valence-electron chi connectivity index (χ3n) is 2.71. The third-order valence-corrected chi connectivity index (χ3v) is 2.71. The molecule has 2 aromatic rings. The van der Waals surface area contributed by atoms with E-state index in [0.717, 1.165) is 16.5 Å². The molecular formula is C15H15FO. The quantitative estimate of drug-likeness (QED) is 0.774. The normalized spacial score (nSPS) is 12.5. The molecule has 0 aromatic heterocycles. The van der Waals surface area contributed by atoms with Crippen LogP contribution in [0.1, 0.15) is 25.5 Å². The first kappa shape index (κ1) is 11.8. The summed E-state index contributed by atoms with van der Waals surface area (Å²) in [5, 5.41) is 11.4. The van der Waals surface area contributed by atoms with Gasteiger partial charge in [-0.15, -0.1) is 0 Å². The maximum Gasteiger partial charge on any atom is 0.131 e. The number of benzene rings is 2. The maximum atomic E-state index is 13.6. The Balaban J connectivity index is 2.63. The molecule has 0 aliphatic carbocycles. The zero-order valence-electron chi connectivity index (χ0n) is 9.94. The summed E-state index contributed by atoms with van der Waals surface area (Å²) in [6.45, 7) is 3.85. The van der Waals surface area contributed by atoms with Crippen molar-refractivity contribution in [1.29, 1.82) is 0 Å². The van der Waals surface area contributed by atoms with Gasteiger partial charge in [-0.2, -0.15) is 0 Å². The van der Waals surface area contributed by atoms with E-state index in [2.05, 4.69) is 0 Å². The Hall–Kier alpha value is -1.67. The Kier molecular flexibility index (Phi) is 3.25. The van der Waals surface area contributed by atoms with Gasteiger partial charge in [-0.25, -0.2) is 4.39 Å². The molecule has 1 nitrogen and oxygen atoms in total. The molecular weight excluding hydrogens is 215 g/mol. The summed E-state index contributed by atoms with van der Waals surface area (Å²) in [6, 6.07) is 10.2. The number of hydrogen-bond acceptors (Lipinski definition) is 1. The van der Waals surface area contributed by atoms with Gasteiger partial charge < -0.3 is 5.11 Å². The van der Waals surface area contributed by atoms with E-state index in [-0.39, 0.29) is 5.82 Å². The van der Waals surface area contributed by atoms with Crippen molar-refractivity contribution in [3.8, 4) is 0 Å². The lowest BCUT2D eigenvalue weighted by atomic mass is 9.99. The first-order chi connectivity index (χ1) is 8.09. The number of aliphatic hydroxyl groups excluding tert-OH is 1. The number of hydrogen-bond donors (Lipinski definition) is 1. The molecule has 0 aliphatic heterocycles. The average Bonchev–Trinajstić information content (AvgIpc) is 2.29. The van der Waals surface area contributed by atoms with Crippen LogP contribution >= 0.6 is 0 Å². The summed E-state index contributed by atoms with van der Waals surface area (Å²) in [5.41, 5.74) is 1.77. The van der Waals surface area contributed by atoms with Gasteiger partial charge in [0.25, 0.3) is 0 Å². The van der Waals surface area contributed by atoms with Crippen molar-refractivity contribution < 1.29 is 9.50 Å². The average molecular weight is 230 g/mol. The monoisotopic (exact) mass is 230 g/mol. The zero-order chi connectivity index (χ0) is 12.4. The molecule has 0 spiro atoms. The van der Waals surface area contributed by atoms with Gasteiger partial charge in [0.15, 0.2) is 0 Å². The van der Waals surface area contributed by atoms with E-state index >= 15 is 0 Å². The van der Waals surface area contributed by atoms with Crippen LogP contribution in [0.2, 0.25) is 0 Å². The fourth-order valence-corrected chi connectivity index (χ4v) is 1.95. The summed E-state index contributed by atoms with van der Waals surface area (Å²) in [5.74, 6) is -0.256. The van der Waals surface area contributed by atoms with E-state index in [1.807, 2.05) is 26.0 Å². The number of fused-ring (bicyclic) bond motifs is 1. The lowest BCUT2D eigenvalue weighted by molar-refractivity contribution is 0.229. The molecule has 2 aromatic carbocycles. The van der Waals surface area contributed by atoms with Crippen molar-refractivity contribution in [2.45, 2.75) is 20.0 Å². The highest BCUT2D eigenvalue weighted by atomic mass is 19.1. The van der Waals surface area contributed by atoms with Gasteiger partial charge >= 0.3 is 0 Å². The summed E-state index contributed by atoms with van der Waals surface area (Å²) in [7, 11) is 0. The molecule has 0 fully saturated rings. The van der Waals surface area contributed by atoms with Crippen LogP contribution in [0.4, 0.5) is 4.39 Å². The van der Waals surface area contributed by atoms with Gasteiger partial charge in [0, 0.05) is 5.39 Å². The minimum atomic E-state index is -0.689. The van der Waals surface area contributed by atoms with E-state index in [1.54, 1.807) is 24.3 Å². The molecule has 0 saturated carbocycles. The van der Waals surface area contributed by atoms with E-state index < -0.39 is 6.10 Å². The molecule has 2 heteroatoms. The van der Waals surface area contributed by atoms with Crippen LogP contribution < -0.4 is 0 Å². The van der Waals surface area contributed by atoms with E-state index in [1.165, 1.54) is 6.07 Å². The molecule has 0 heterocycles. The van der Waals surface area contributed by atoms with Crippen molar-refractivity contribution in [2.75, 3.05) is 0 Å². The molecule has 0 bridgehead atoms. The van der Waals surface area contributed by atoms with Crippen LogP contribution in [0, 0.1) is 5.82 Å². The van der Waals surface area contributed by atoms with Crippen LogP contribution in [0.3, 0.4) is 0 Å². The molecule has 2 rings (SSSR count). The fourth-order valence-electron chi connectivity index (χ4n) is 1.95. The van der Waals surface area contributed by atoms with E-state index in [9.17, 15) is 9.50 Å². The lowest BCUT2D eigenvalue weighted by Crippen LogP contribution is -1.96. The molecule has 1 N–H and O–H groups in total. The second kappa shape index (κ2) is 4.68. The first-order valence-electron chi connectivity index (χ1n) is 5.60. The van der Waals surface area contributed by atoms with Crippen LogP contribution in [0.15, 0.2) is 48.0 Å². The Labute approximate surface area is 100 Å². The van der Waals surface area contributed by atoms with Crippen LogP contribution in [-0.2, 0) is 0 Å². The smallest absolute Gasteiger partial charge is 0.131 e. The standard InChI is InChI=1S/C15H15FO/c1-10(2)9-15(17)13-7-8-14(16)12-6-4-3-5-11(12)13/h3-9,15,17H,1-2H3. The highest BCUT2D eigenvalue weighted by Crippen LogP contribution is 2.27. The Morgan fingerprint density at radius 3 is 2.41 bits per heavy atom. The molecule has 0 aliphatic rings.